The third kappa shape index (κ3) is 4.43. The van der Waals surface area contributed by atoms with Crippen LogP contribution < -0.4 is 9.80 Å². The van der Waals surface area contributed by atoms with E-state index in [1.807, 2.05) is 0 Å². The number of aromatic nitrogens is 1. The largest absolute Gasteiger partial charge is 0.340 e. The first-order valence-electron chi connectivity index (χ1n) is 9.14. The number of ketones is 1. The van der Waals surface area contributed by atoms with Gasteiger partial charge in [0.1, 0.15) is 11.3 Å². The van der Waals surface area contributed by atoms with Crippen molar-refractivity contribution in [1.82, 2.24) is 4.98 Å². The first-order chi connectivity index (χ1) is 13.4. The minimum absolute atomic E-state index is 0.0496. The molecule has 0 fully saturated rings. The summed E-state index contributed by atoms with van der Waals surface area (Å²) in [5.41, 5.74) is 1.31. The summed E-state index contributed by atoms with van der Waals surface area (Å²) < 4.78 is 14.8. The Morgan fingerprint density at radius 2 is 1.79 bits per heavy atom. The number of hydrogen-bond donors (Lipinski definition) is 1. The van der Waals surface area contributed by atoms with Crippen LogP contribution in [0, 0.1) is 5.82 Å². The lowest BCUT2D eigenvalue weighted by Gasteiger charge is -2.20. The monoisotopic (exact) mass is 400 g/mol. The van der Waals surface area contributed by atoms with E-state index >= 15 is 0 Å². The van der Waals surface area contributed by atoms with Crippen molar-refractivity contribution in [1.29, 1.82) is 0 Å². The van der Waals surface area contributed by atoms with Crippen LogP contribution in [-0.4, -0.2) is 43.9 Å². The van der Waals surface area contributed by atoms with Crippen LogP contribution in [0.4, 0.5) is 9.52 Å². The second-order valence-electron chi connectivity index (χ2n) is 6.98. The number of carbonyl (C=O) groups excluding carboxylic acids is 2. The number of quaternary nitrogens is 1. The SMILES string of the molecule is CC(=O)c1ccc(C(=O)N(CCC[NH+](C)C)c2nc3c(F)cccc3s2)cc1. The maximum Gasteiger partial charge on any atom is 0.260 e. The first-order valence-corrected chi connectivity index (χ1v) is 9.95. The summed E-state index contributed by atoms with van der Waals surface area (Å²) in [7, 11) is 4.11. The van der Waals surface area contributed by atoms with Crippen molar-refractivity contribution in [2.24, 2.45) is 0 Å². The molecule has 1 aromatic heterocycles. The molecule has 0 spiro atoms. The molecule has 0 aliphatic heterocycles. The van der Waals surface area contributed by atoms with Crippen LogP contribution in [0.5, 0.6) is 0 Å². The van der Waals surface area contributed by atoms with Gasteiger partial charge in [-0.25, -0.2) is 9.37 Å². The van der Waals surface area contributed by atoms with E-state index in [9.17, 15) is 14.0 Å². The third-order valence-electron chi connectivity index (χ3n) is 4.43. The fraction of sp³-hybridized carbons (Fsp3) is 0.286. The lowest BCUT2D eigenvalue weighted by molar-refractivity contribution is -0.858. The zero-order valence-electron chi connectivity index (χ0n) is 16.2. The predicted octanol–water partition coefficient (Wildman–Crippen LogP) is 2.82. The van der Waals surface area contributed by atoms with Crippen LogP contribution in [0.15, 0.2) is 42.5 Å². The molecule has 2 aromatic carbocycles. The number of anilines is 1. The zero-order valence-corrected chi connectivity index (χ0v) is 17.0. The normalized spacial score (nSPS) is 11.2. The van der Waals surface area contributed by atoms with E-state index in [-0.39, 0.29) is 17.2 Å². The summed E-state index contributed by atoms with van der Waals surface area (Å²) in [6.45, 7) is 2.87. The molecule has 0 aliphatic rings. The number of hydrogen-bond acceptors (Lipinski definition) is 4. The van der Waals surface area contributed by atoms with Crippen LogP contribution >= 0.6 is 11.3 Å². The molecule has 7 heteroatoms. The highest BCUT2D eigenvalue weighted by molar-refractivity contribution is 7.22. The predicted molar refractivity (Wildman–Crippen MR) is 110 cm³/mol. The molecule has 3 aromatic rings. The van der Waals surface area contributed by atoms with Gasteiger partial charge in [0.05, 0.1) is 25.3 Å². The molecule has 1 N–H and O–H groups in total. The van der Waals surface area contributed by atoms with Crippen LogP contribution in [0.2, 0.25) is 0 Å². The molecule has 0 unspecified atom stereocenters. The van der Waals surface area contributed by atoms with Crippen LogP contribution in [-0.2, 0) is 0 Å². The summed E-state index contributed by atoms with van der Waals surface area (Å²) in [6.07, 6.45) is 0.790. The van der Waals surface area contributed by atoms with Gasteiger partial charge in [0, 0.05) is 24.1 Å². The number of thiazole rings is 1. The summed E-state index contributed by atoms with van der Waals surface area (Å²) in [5, 5.41) is 0.481. The first kappa shape index (κ1) is 20.1. The number of para-hydroxylation sites is 1. The van der Waals surface area contributed by atoms with Crippen molar-refractivity contribution in [2.75, 3.05) is 32.1 Å². The van der Waals surface area contributed by atoms with Crippen molar-refractivity contribution in [2.45, 2.75) is 13.3 Å². The molecule has 0 atom stereocenters. The fourth-order valence-electron chi connectivity index (χ4n) is 2.90. The number of fused-ring (bicyclic) bond motifs is 1. The summed E-state index contributed by atoms with van der Waals surface area (Å²) in [6, 6.07) is 11.4. The van der Waals surface area contributed by atoms with E-state index in [1.54, 1.807) is 41.3 Å². The molecular weight excluding hydrogens is 377 g/mol. The van der Waals surface area contributed by atoms with Gasteiger partial charge in [-0.1, -0.05) is 29.5 Å². The van der Waals surface area contributed by atoms with E-state index < -0.39 is 5.82 Å². The van der Waals surface area contributed by atoms with Gasteiger partial charge in [0.2, 0.25) is 0 Å². The maximum absolute atomic E-state index is 14.1. The molecular formula is C21H23FN3O2S+. The van der Waals surface area contributed by atoms with Crippen molar-refractivity contribution in [3.63, 3.8) is 0 Å². The smallest absolute Gasteiger partial charge is 0.260 e. The molecule has 0 radical (unpaired) electrons. The lowest BCUT2D eigenvalue weighted by atomic mass is 10.1. The van der Waals surface area contributed by atoms with Crippen molar-refractivity contribution < 1.29 is 18.9 Å². The maximum atomic E-state index is 14.1. The van der Waals surface area contributed by atoms with E-state index in [0.29, 0.717) is 27.5 Å². The lowest BCUT2D eigenvalue weighted by Crippen LogP contribution is -3.05. The van der Waals surface area contributed by atoms with Gasteiger partial charge in [-0.05, 0) is 31.2 Å². The Kier molecular flexibility index (Phi) is 6.16. The third-order valence-corrected chi connectivity index (χ3v) is 5.47. The van der Waals surface area contributed by atoms with E-state index in [2.05, 4.69) is 19.1 Å². The topological polar surface area (TPSA) is 54.7 Å². The van der Waals surface area contributed by atoms with Crippen LogP contribution in [0.25, 0.3) is 10.2 Å². The number of amides is 1. The molecule has 146 valence electrons. The Hall–Kier alpha value is -2.64. The average molecular weight is 400 g/mol. The second kappa shape index (κ2) is 8.58. The highest BCUT2D eigenvalue weighted by atomic mass is 32.1. The number of nitrogens with zero attached hydrogens (tertiary/aromatic N) is 2. The number of halogens is 1. The molecule has 28 heavy (non-hydrogen) atoms. The zero-order chi connectivity index (χ0) is 20.3. The summed E-state index contributed by atoms with van der Waals surface area (Å²) in [5.74, 6) is -0.647. The molecule has 1 heterocycles. The van der Waals surface area contributed by atoms with Crippen LogP contribution in [0.3, 0.4) is 0 Å². The minimum Gasteiger partial charge on any atom is -0.340 e. The van der Waals surface area contributed by atoms with Gasteiger partial charge < -0.3 is 4.90 Å². The Morgan fingerprint density at radius 3 is 2.39 bits per heavy atom. The number of Topliss-reactive ketones (excluding diaryl/α,β-unsaturated/α-hetero) is 1. The average Bonchev–Trinajstić information content (AvgIpc) is 3.10. The van der Waals surface area contributed by atoms with Gasteiger partial charge in [-0.3, -0.25) is 14.5 Å². The summed E-state index contributed by atoms with van der Waals surface area (Å²) in [4.78, 5) is 31.9. The molecule has 0 aliphatic carbocycles. The van der Waals surface area contributed by atoms with Crippen molar-refractivity contribution in [3.05, 3.63) is 59.4 Å². The van der Waals surface area contributed by atoms with E-state index in [4.69, 9.17) is 0 Å². The molecule has 0 saturated carbocycles. The van der Waals surface area contributed by atoms with Gasteiger partial charge in [0.15, 0.2) is 10.9 Å². The highest BCUT2D eigenvalue weighted by Gasteiger charge is 2.22. The molecule has 3 rings (SSSR count). The van der Waals surface area contributed by atoms with Gasteiger partial charge >= 0.3 is 0 Å². The fourth-order valence-corrected chi connectivity index (χ4v) is 3.90. The van der Waals surface area contributed by atoms with E-state index in [1.165, 1.54) is 29.2 Å². The van der Waals surface area contributed by atoms with Crippen molar-refractivity contribution >= 4 is 38.4 Å². The standard InChI is InChI=1S/C21H22FN3O2S/c1-14(26)15-8-10-16(11-9-15)20(27)25(13-5-12-24(2)3)21-23-19-17(22)6-4-7-18(19)28-21/h4,6-11H,5,12-13H2,1-3H3/p+1. The Bertz CT molecular complexity index is 999. The molecule has 1 amide bonds. The number of nitrogens with one attached hydrogen (secondary N) is 1. The molecule has 0 saturated heterocycles. The molecule has 0 bridgehead atoms. The Labute approximate surface area is 167 Å². The number of benzene rings is 2. The van der Waals surface area contributed by atoms with Gasteiger partial charge in [-0.15, -0.1) is 0 Å². The summed E-state index contributed by atoms with van der Waals surface area (Å²) >= 11 is 1.30. The quantitative estimate of drug-likeness (QED) is 0.621. The van der Waals surface area contributed by atoms with Crippen LogP contribution in [0.1, 0.15) is 34.1 Å². The van der Waals surface area contributed by atoms with Crippen molar-refractivity contribution in [3.8, 4) is 0 Å². The Balaban J connectivity index is 1.94. The highest BCUT2D eigenvalue weighted by Crippen LogP contribution is 2.31. The van der Waals surface area contributed by atoms with E-state index in [0.717, 1.165) is 13.0 Å². The van der Waals surface area contributed by atoms with Gasteiger partial charge in [0.25, 0.3) is 5.91 Å². The number of carbonyl (C=O) groups is 2. The Morgan fingerprint density at radius 1 is 1.11 bits per heavy atom. The minimum atomic E-state index is -0.393. The number of rotatable bonds is 7. The second-order valence-corrected chi connectivity index (χ2v) is 7.99. The molecule has 5 nitrogen and oxygen atoms in total. The van der Waals surface area contributed by atoms with Gasteiger partial charge in [-0.2, -0.15) is 0 Å².